The van der Waals surface area contributed by atoms with Crippen molar-refractivity contribution in [3.63, 3.8) is 0 Å². The second-order valence-corrected chi connectivity index (χ2v) is 5.21. The highest BCUT2D eigenvalue weighted by Gasteiger charge is 2.24. The van der Waals surface area contributed by atoms with E-state index in [4.69, 9.17) is 17.4 Å². The SMILES string of the molecule is CCn1ncc(Cl)c1C(CC1CCCC1)NN. The van der Waals surface area contributed by atoms with Crippen LogP contribution in [0.15, 0.2) is 6.20 Å². The molecule has 1 aromatic heterocycles. The van der Waals surface area contributed by atoms with Crippen LogP contribution in [0.5, 0.6) is 0 Å². The van der Waals surface area contributed by atoms with Crippen LogP contribution in [0.1, 0.15) is 50.8 Å². The molecule has 96 valence electrons. The maximum Gasteiger partial charge on any atom is 0.0834 e. The predicted octanol–water partition coefficient (Wildman–Crippen LogP) is 2.64. The van der Waals surface area contributed by atoms with Gasteiger partial charge in [-0.3, -0.25) is 16.0 Å². The number of aryl methyl sites for hydroxylation is 1. The van der Waals surface area contributed by atoms with Crippen LogP contribution in [-0.2, 0) is 6.54 Å². The zero-order valence-electron chi connectivity index (χ0n) is 10.3. The van der Waals surface area contributed by atoms with E-state index in [-0.39, 0.29) is 6.04 Å². The first-order valence-corrected chi connectivity index (χ1v) is 6.81. The van der Waals surface area contributed by atoms with Crippen LogP contribution in [-0.4, -0.2) is 9.78 Å². The summed E-state index contributed by atoms with van der Waals surface area (Å²) in [6.07, 6.45) is 8.10. The fraction of sp³-hybridized carbons (Fsp3) is 0.750. The molecule has 1 saturated carbocycles. The van der Waals surface area contributed by atoms with Gasteiger partial charge in [0.05, 0.1) is 23.0 Å². The molecule has 1 unspecified atom stereocenters. The van der Waals surface area contributed by atoms with Gasteiger partial charge >= 0.3 is 0 Å². The Labute approximate surface area is 107 Å². The van der Waals surface area contributed by atoms with E-state index in [1.165, 1.54) is 25.7 Å². The van der Waals surface area contributed by atoms with Crippen molar-refractivity contribution < 1.29 is 0 Å². The summed E-state index contributed by atoms with van der Waals surface area (Å²) in [7, 11) is 0. The van der Waals surface area contributed by atoms with Crippen molar-refractivity contribution in [1.82, 2.24) is 15.2 Å². The van der Waals surface area contributed by atoms with Crippen LogP contribution in [0.4, 0.5) is 0 Å². The van der Waals surface area contributed by atoms with Gasteiger partial charge in [-0.05, 0) is 19.3 Å². The van der Waals surface area contributed by atoms with Crippen LogP contribution in [0.2, 0.25) is 5.02 Å². The molecule has 17 heavy (non-hydrogen) atoms. The summed E-state index contributed by atoms with van der Waals surface area (Å²) in [5, 5.41) is 4.98. The number of nitrogens with zero attached hydrogens (tertiary/aromatic N) is 2. The summed E-state index contributed by atoms with van der Waals surface area (Å²) in [6.45, 7) is 2.89. The van der Waals surface area contributed by atoms with Gasteiger partial charge < -0.3 is 0 Å². The third-order valence-electron chi connectivity index (χ3n) is 3.71. The fourth-order valence-corrected chi connectivity index (χ4v) is 3.08. The number of rotatable bonds is 5. The summed E-state index contributed by atoms with van der Waals surface area (Å²) in [6, 6.07) is 0.119. The minimum atomic E-state index is 0.119. The Bertz CT molecular complexity index is 357. The first-order valence-electron chi connectivity index (χ1n) is 6.43. The van der Waals surface area contributed by atoms with Crippen molar-refractivity contribution in [1.29, 1.82) is 0 Å². The van der Waals surface area contributed by atoms with E-state index in [0.29, 0.717) is 5.02 Å². The van der Waals surface area contributed by atoms with Crippen LogP contribution in [0, 0.1) is 5.92 Å². The molecule has 1 aliphatic rings. The maximum atomic E-state index is 6.20. The highest BCUT2D eigenvalue weighted by Crippen LogP contribution is 2.34. The fourth-order valence-electron chi connectivity index (χ4n) is 2.81. The van der Waals surface area contributed by atoms with Gasteiger partial charge in [-0.2, -0.15) is 5.10 Å². The number of halogens is 1. The van der Waals surface area contributed by atoms with E-state index in [1.807, 2.05) is 4.68 Å². The minimum absolute atomic E-state index is 0.119. The maximum absolute atomic E-state index is 6.20. The van der Waals surface area contributed by atoms with E-state index in [2.05, 4.69) is 17.4 Å². The zero-order valence-corrected chi connectivity index (χ0v) is 11.1. The second kappa shape index (κ2) is 5.85. The molecular weight excluding hydrogens is 236 g/mol. The standard InChI is InChI=1S/C12H21ClN4/c1-2-17-12(10(13)8-15-17)11(16-14)7-9-5-3-4-6-9/h8-9,11,16H,2-7,14H2,1H3. The lowest BCUT2D eigenvalue weighted by Crippen LogP contribution is -2.31. The quantitative estimate of drug-likeness (QED) is 0.629. The molecule has 1 aromatic rings. The van der Waals surface area contributed by atoms with Crippen molar-refractivity contribution in [3.05, 3.63) is 16.9 Å². The van der Waals surface area contributed by atoms with E-state index in [0.717, 1.165) is 24.6 Å². The highest BCUT2D eigenvalue weighted by molar-refractivity contribution is 6.31. The van der Waals surface area contributed by atoms with Crippen LogP contribution < -0.4 is 11.3 Å². The monoisotopic (exact) mass is 256 g/mol. The summed E-state index contributed by atoms with van der Waals surface area (Å²) in [5.74, 6) is 6.46. The normalized spacial score (nSPS) is 18.8. The molecule has 0 aliphatic heterocycles. The molecule has 0 radical (unpaired) electrons. The number of hydrazine groups is 1. The Morgan fingerprint density at radius 2 is 2.29 bits per heavy atom. The van der Waals surface area contributed by atoms with Crippen molar-refractivity contribution in [2.75, 3.05) is 0 Å². The van der Waals surface area contributed by atoms with Crippen molar-refractivity contribution in [2.24, 2.45) is 11.8 Å². The van der Waals surface area contributed by atoms with Crippen molar-refractivity contribution in [3.8, 4) is 0 Å². The summed E-state index contributed by atoms with van der Waals surface area (Å²) in [4.78, 5) is 0. The van der Waals surface area contributed by atoms with Gasteiger partial charge in [0.1, 0.15) is 0 Å². The van der Waals surface area contributed by atoms with Crippen LogP contribution in [0.3, 0.4) is 0 Å². The minimum Gasteiger partial charge on any atom is -0.271 e. The van der Waals surface area contributed by atoms with Crippen LogP contribution >= 0.6 is 11.6 Å². The number of hydrogen-bond donors (Lipinski definition) is 2. The molecule has 1 heterocycles. The molecule has 4 nitrogen and oxygen atoms in total. The number of hydrogen-bond acceptors (Lipinski definition) is 3. The highest BCUT2D eigenvalue weighted by atomic mass is 35.5. The largest absolute Gasteiger partial charge is 0.271 e. The molecule has 1 atom stereocenters. The lowest BCUT2D eigenvalue weighted by Gasteiger charge is -2.21. The summed E-state index contributed by atoms with van der Waals surface area (Å²) in [5.41, 5.74) is 3.93. The Hall–Kier alpha value is -0.580. The molecule has 3 N–H and O–H groups in total. The van der Waals surface area contributed by atoms with Gasteiger partial charge in [0.15, 0.2) is 0 Å². The van der Waals surface area contributed by atoms with E-state index >= 15 is 0 Å². The topological polar surface area (TPSA) is 55.9 Å². The molecule has 2 rings (SSSR count). The molecule has 1 aliphatic carbocycles. The van der Waals surface area contributed by atoms with E-state index in [9.17, 15) is 0 Å². The van der Waals surface area contributed by atoms with Crippen molar-refractivity contribution >= 4 is 11.6 Å². The number of nitrogens with one attached hydrogen (secondary N) is 1. The zero-order chi connectivity index (χ0) is 12.3. The number of nitrogens with two attached hydrogens (primary N) is 1. The predicted molar refractivity (Wildman–Crippen MR) is 69.6 cm³/mol. The van der Waals surface area contributed by atoms with Crippen LogP contribution in [0.25, 0.3) is 0 Å². The van der Waals surface area contributed by atoms with Gasteiger partial charge in [0.2, 0.25) is 0 Å². The second-order valence-electron chi connectivity index (χ2n) is 4.80. The van der Waals surface area contributed by atoms with Gasteiger partial charge in [-0.15, -0.1) is 0 Å². The first-order chi connectivity index (χ1) is 8.26. The lowest BCUT2D eigenvalue weighted by molar-refractivity contribution is 0.380. The molecule has 1 fully saturated rings. The Morgan fingerprint density at radius 1 is 1.59 bits per heavy atom. The van der Waals surface area contributed by atoms with Gasteiger partial charge in [-0.1, -0.05) is 37.3 Å². The first kappa shape index (κ1) is 12.9. The molecule has 5 heteroatoms. The number of aromatic nitrogens is 2. The average Bonchev–Trinajstić information content (AvgIpc) is 2.95. The Kier molecular flexibility index (Phi) is 4.42. The average molecular weight is 257 g/mol. The van der Waals surface area contributed by atoms with E-state index in [1.54, 1.807) is 6.20 Å². The van der Waals surface area contributed by atoms with E-state index < -0.39 is 0 Å². The molecule has 0 saturated heterocycles. The lowest BCUT2D eigenvalue weighted by atomic mass is 9.97. The smallest absolute Gasteiger partial charge is 0.0834 e. The third kappa shape index (κ3) is 2.81. The molecular formula is C12H21ClN4. The molecule has 0 aromatic carbocycles. The van der Waals surface area contributed by atoms with Gasteiger partial charge in [0, 0.05) is 6.54 Å². The molecule has 0 spiro atoms. The Morgan fingerprint density at radius 3 is 2.88 bits per heavy atom. The third-order valence-corrected chi connectivity index (χ3v) is 4.00. The van der Waals surface area contributed by atoms with Crippen molar-refractivity contribution in [2.45, 2.75) is 51.6 Å². The summed E-state index contributed by atoms with van der Waals surface area (Å²) >= 11 is 6.20. The molecule has 0 bridgehead atoms. The molecule has 0 amide bonds. The van der Waals surface area contributed by atoms with Gasteiger partial charge in [-0.25, -0.2) is 0 Å². The Balaban J connectivity index is 2.12. The van der Waals surface area contributed by atoms with Gasteiger partial charge in [0.25, 0.3) is 0 Å². The summed E-state index contributed by atoms with van der Waals surface area (Å²) < 4.78 is 1.93.